The molecule has 0 radical (unpaired) electrons. The molecule has 0 aliphatic heterocycles. The van der Waals surface area contributed by atoms with Crippen molar-refractivity contribution in [3.05, 3.63) is 48.5 Å². The molecule has 0 bridgehead atoms. The summed E-state index contributed by atoms with van der Waals surface area (Å²) < 4.78 is 21.8. The number of aromatic nitrogens is 2. The molecular formula is C21H25N5O4. The maximum absolute atomic E-state index is 5.86. The Balaban J connectivity index is 1.68. The molecule has 1 heterocycles. The number of anilines is 4. The normalized spacial score (nSPS) is 10.2. The van der Waals surface area contributed by atoms with Crippen LogP contribution in [-0.2, 0) is 0 Å². The molecule has 9 heteroatoms. The number of hydrogen-bond donors (Lipinski definition) is 3. The minimum atomic E-state index is 0.138. The molecule has 2 aromatic carbocycles. The first-order valence-electron chi connectivity index (χ1n) is 9.26. The maximum Gasteiger partial charge on any atom is 0.223 e. The van der Waals surface area contributed by atoms with Gasteiger partial charge in [0.15, 0.2) is 11.5 Å². The van der Waals surface area contributed by atoms with E-state index < -0.39 is 0 Å². The lowest BCUT2D eigenvalue weighted by Crippen LogP contribution is -2.13. The number of rotatable bonds is 10. The van der Waals surface area contributed by atoms with Crippen molar-refractivity contribution >= 4 is 23.3 Å². The molecule has 0 saturated carbocycles. The average Bonchev–Trinajstić information content (AvgIpc) is 2.76. The Labute approximate surface area is 175 Å². The molecule has 0 aliphatic rings. The van der Waals surface area contributed by atoms with E-state index in [1.165, 1.54) is 0 Å². The zero-order valence-corrected chi connectivity index (χ0v) is 17.1. The van der Waals surface area contributed by atoms with E-state index in [2.05, 4.69) is 20.6 Å². The van der Waals surface area contributed by atoms with Crippen molar-refractivity contribution in [1.82, 2.24) is 9.97 Å². The molecule has 3 rings (SSSR count). The monoisotopic (exact) mass is 411 g/mol. The smallest absolute Gasteiger partial charge is 0.223 e. The molecule has 0 spiro atoms. The first-order chi connectivity index (χ1) is 14.6. The zero-order chi connectivity index (χ0) is 21.3. The number of ether oxygens (including phenoxy) is 4. The van der Waals surface area contributed by atoms with Crippen LogP contribution in [0.3, 0.4) is 0 Å². The Hall–Kier alpha value is -3.88. The summed E-state index contributed by atoms with van der Waals surface area (Å²) in [6.07, 6.45) is 0. The lowest BCUT2D eigenvalue weighted by atomic mass is 10.2. The van der Waals surface area contributed by atoms with Gasteiger partial charge in [-0.3, -0.25) is 0 Å². The van der Waals surface area contributed by atoms with E-state index in [1.807, 2.05) is 30.3 Å². The fraction of sp³-hybridized carbons (Fsp3) is 0.238. The van der Waals surface area contributed by atoms with Gasteiger partial charge in [-0.15, -0.1) is 0 Å². The highest BCUT2D eigenvalue weighted by molar-refractivity contribution is 5.68. The van der Waals surface area contributed by atoms with Crippen LogP contribution in [0.25, 0.3) is 0 Å². The maximum atomic E-state index is 5.86. The van der Waals surface area contributed by atoms with Gasteiger partial charge in [-0.1, -0.05) is 18.2 Å². The Morgan fingerprint density at radius 3 is 2.17 bits per heavy atom. The Morgan fingerprint density at radius 2 is 1.53 bits per heavy atom. The first-order valence-corrected chi connectivity index (χ1v) is 9.26. The number of benzene rings is 2. The van der Waals surface area contributed by atoms with Crippen molar-refractivity contribution in [1.29, 1.82) is 0 Å². The number of nitrogens with zero attached hydrogens (tertiary/aromatic N) is 2. The highest BCUT2D eigenvalue weighted by atomic mass is 16.5. The zero-order valence-electron chi connectivity index (χ0n) is 17.1. The summed E-state index contributed by atoms with van der Waals surface area (Å²) >= 11 is 0. The van der Waals surface area contributed by atoms with Crippen molar-refractivity contribution in [2.24, 2.45) is 0 Å². The van der Waals surface area contributed by atoms with Gasteiger partial charge >= 0.3 is 0 Å². The van der Waals surface area contributed by atoms with Crippen molar-refractivity contribution in [2.45, 2.75) is 0 Å². The topological polar surface area (TPSA) is 113 Å². The van der Waals surface area contributed by atoms with Crippen molar-refractivity contribution in [3.8, 4) is 23.0 Å². The molecule has 0 aliphatic carbocycles. The van der Waals surface area contributed by atoms with Gasteiger partial charge in [0, 0.05) is 23.9 Å². The molecule has 1 aromatic heterocycles. The fourth-order valence-corrected chi connectivity index (χ4v) is 2.79. The van der Waals surface area contributed by atoms with Crippen molar-refractivity contribution in [2.75, 3.05) is 50.8 Å². The number of nitrogen functional groups attached to an aromatic ring is 1. The van der Waals surface area contributed by atoms with Crippen LogP contribution in [-0.4, -0.2) is 44.4 Å². The summed E-state index contributed by atoms with van der Waals surface area (Å²) in [6, 6.07) is 14.9. The molecule has 0 saturated heterocycles. The van der Waals surface area contributed by atoms with Gasteiger partial charge in [0.05, 0.1) is 27.9 Å². The van der Waals surface area contributed by atoms with E-state index in [0.29, 0.717) is 47.7 Å². The van der Waals surface area contributed by atoms with E-state index in [-0.39, 0.29) is 5.95 Å². The number of methoxy groups -OCH3 is 3. The molecule has 0 atom stereocenters. The average molecular weight is 411 g/mol. The van der Waals surface area contributed by atoms with Crippen LogP contribution in [0.1, 0.15) is 0 Å². The highest BCUT2D eigenvalue weighted by Crippen LogP contribution is 2.40. The summed E-state index contributed by atoms with van der Waals surface area (Å²) in [4.78, 5) is 8.44. The summed E-state index contributed by atoms with van der Waals surface area (Å²) in [5.74, 6) is 3.60. The Morgan fingerprint density at radius 1 is 0.867 bits per heavy atom. The molecule has 3 aromatic rings. The van der Waals surface area contributed by atoms with E-state index in [4.69, 9.17) is 24.7 Å². The molecule has 30 heavy (non-hydrogen) atoms. The van der Waals surface area contributed by atoms with Crippen LogP contribution in [0, 0.1) is 0 Å². The Kier molecular flexibility index (Phi) is 6.99. The predicted molar refractivity (Wildman–Crippen MR) is 116 cm³/mol. The van der Waals surface area contributed by atoms with Gasteiger partial charge in [0.1, 0.15) is 24.0 Å². The third-order valence-electron chi connectivity index (χ3n) is 4.10. The number of nitrogens with two attached hydrogens (primary N) is 1. The van der Waals surface area contributed by atoms with Gasteiger partial charge in [0.25, 0.3) is 0 Å². The molecule has 0 amide bonds. The minimum absolute atomic E-state index is 0.138. The Bertz CT molecular complexity index is 944. The van der Waals surface area contributed by atoms with Gasteiger partial charge < -0.3 is 35.3 Å². The van der Waals surface area contributed by atoms with E-state index >= 15 is 0 Å². The summed E-state index contributed by atoms with van der Waals surface area (Å²) in [6.45, 7) is 1.03. The number of hydrogen-bond acceptors (Lipinski definition) is 9. The van der Waals surface area contributed by atoms with E-state index in [1.54, 1.807) is 39.5 Å². The molecule has 4 N–H and O–H groups in total. The number of nitrogens with one attached hydrogen (secondary N) is 2. The first kappa shape index (κ1) is 20.8. The lowest BCUT2D eigenvalue weighted by molar-refractivity contribution is 0.324. The van der Waals surface area contributed by atoms with Crippen LogP contribution in [0.15, 0.2) is 48.5 Å². The van der Waals surface area contributed by atoms with Crippen LogP contribution in [0.4, 0.5) is 23.3 Å². The largest absolute Gasteiger partial charge is 0.493 e. The second-order valence-electron chi connectivity index (χ2n) is 6.12. The van der Waals surface area contributed by atoms with Crippen LogP contribution in [0.5, 0.6) is 23.0 Å². The molecule has 9 nitrogen and oxygen atoms in total. The standard InChI is InChI=1S/C21H25N5O4/c1-27-16-11-14(12-17(28-2)20(16)29-3)24-19-13-18(25-21(22)26-19)23-9-10-30-15-7-5-4-6-8-15/h4-8,11-13H,9-10H2,1-3H3,(H4,22,23,24,25,26). The van der Waals surface area contributed by atoms with Crippen LogP contribution < -0.4 is 35.3 Å². The molecular weight excluding hydrogens is 386 g/mol. The van der Waals surface area contributed by atoms with Crippen molar-refractivity contribution in [3.63, 3.8) is 0 Å². The second-order valence-corrected chi connectivity index (χ2v) is 6.12. The third kappa shape index (κ3) is 5.34. The van der Waals surface area contributed by atoms with E-state index in [0.717, 1.165) is 5.75 Å². The van der Waals surface area contributed by atoms with Crippen LogP contribution >= 0.6 is 0 Å². The van der Waals surface area contributed by atoms with Crippen LogP contribution in [0.2, 0.25) is 0 Å². The second kappa shape index (κ2) is 10.1. The summed E-state index contributed by atoms with van der Waals surface area (Å²) in [5.41, 5.74) is 6.56. The molecule has 158 valence electrons. The summed E-state index contributed by atoms with van der Waals surface area (Å²) in [5, 5.41) is 6.36. The van der Waals surface area contributed by atoms with E-state index in [9.17, 15) is 0 Å². The quantitative estimate of drug-likeness (QED) is 0.432. The van der Waals surface area contributed by atoms with Gasteiger partial charge in [-0.2, -0.15) is 9.97 Å². The third-order valence-corrected chi connectivity index (χ3v) is 4.10. The van der Waals surface area contributed by atoms with Crippen molar-refractivity contribution < 1.29 is 18.9 Å². The van der Waals surface area contributed by atoms with Gasteiger partial charge in [0.2, 0.25) is 11.7 Å². The summed E-state index contributed by atoms with van der Waals surface area (Å²) in [7, 11) is 4.67. The lowest BCUT2D eigenvalue weighted by Gasteiger charge is -2.15. The van der Waals surface area contributed by atoms with Gasteiger partial charge in [-0.25, -0.2) is 0 Å². The number of para-hydroxylation sites is 1. The predicted octanol–water partition coefficient (Wildman–Crippen LogP) is 3.32. The minimum Gasteiger partial charge on any atom is -0.493 e. The molecule has 0 unspecified atom stereocenters. The van der Waals surface area contributed by atoms with Gasteiger partial charge in [-0.05, 0) is 12.1 Å². The SMILES string of the molecule is COc1cc(Nc2cc(NCCOc3ccccc3)nc(N)n2)cc(OC)c1OC. The molecule has 0 fully saturated rings. The highest BCUT2D eigenvalue weighted by Gasteiger charge is 2.14. The fourth-order valence-electron chi connectivity index (χ4n) is 2.79.